The summed E-state index contributed by atoms with van der Waals surface area (Å²) in [6, 6.07) is 2.91. The second-order valence-electron chi connectivity index (χ2n) is 5.14. The lowest BCUT2D eigenvalue weighted by molar-refractivity contribution is 0.285. The summed E-state index contributed by atoms with van der Waals surface area (Å²) in [5.74, 6) is 0.843. The number of hydrogen-bond donors (Lipinski definition) is 1. The predicted octanol–water partition coefficient (Wildman–Crippen LogP) is 5.28. The third-order valence-corrected chi connectivity index (χ3v) is 5.09. The van der Waals surface area contributed by atoms with Crippen LogP contribution in [0.25, 0.3) is 0 Å². The molecule has 1 saturated carbocycles. The van der Waals surface area contributed by atoms with Crippen molar-refractivity contribution in [3.8, 4) is 0 Å². The molecule has 1 fully saturated rings. The van der Waals surface area contributed by atoms with Crippen molar-refractivity contribution in [2.75, 3.05) is 0 Å². The van der Waals surface area contributed by atoms with E-state index >= 15 is 0 Å². The van der Waals surface area contributed by atoms with Crippen LogP contribution >= 0.6 is 34.5 Å². The fourth-order valence-electron chi connectivity index (χ4n) is 2.68. The van der Waals surface area contributed by atoms with Gasteiger partial charge in [-0.25, -0.2) is 0 Å². The summed E-state index contributed by atoms with van der Waals surface area (Å²) in [5, 5.41) is 3.68. The van der Waals surface area contributed by atoms with Gasteiger partial charge in [0.1, 0.15) is 0 Å². The minimum atomic E-state index is 0.293. The average molecular weight is 292 g/mol. The molecule has 4 heteroatoms. The van der Waals surface area contributed by atoms with E-state index < -0.39 is 0 Å². The third kappa shape index (κ3) is 3.60. The zero-order valence-corrected chi connectivity index (χ0v) is 12.6. The molecule has 0 saturated heterocycles. The van der Waals surface area contributed by atoms with Crippen molar-refractivity contribution in [3.63, 3.8) is 0 Å². The van der Waals surface area contributed by atoms with Gasteiger partial charge in [-0.05, 0) is 37.3 Å². The van der Waals surface area contributed by atoms with Crippen molar-refractivity contribution in [1.29, 1.82) is 0 Å². The Labute approximate surface area is 118 Å². The molecule has 0 spiro atoms. The Bertz CT molecular complexity index is 377. The molecule has 1 aromatic heterocycles. The largest absolute Gasteiger partial charge is 0.307 e. The molecule has 1 nitrogen and oxygen atoms in total. The van der Waals surface area contributed by atoms with Crippen LogP contribution in [-0.4, -0.2) is 6.04 Å². The lowest BCUT2D eigenvalue weighted by Gasteiger charge is -2.30. The van der Waals surface area contributed by atoms with E-state index in [1.54, 1.807) is 0 Å². The minimum absolute atomic E-state index is 0.293. The topological polar surface area (TPSA) is 12.0 Å². The summed E-state index contributed by atoms with van der Waals surface area (Å²) in [7, 11) is 0. The molecule has 2 rings (SSSR count). The second-order valence-corrected chi connectivity index (χ2v) is 7.42. The van der Waals surface area contributed by atoms with Gasteiger partial charge in [0.15, 0.2) is 0 Å². The summed E-state index contributed by atoms with van der Waals surface area (Å²) in [4.78, 5) is 0. The van der Waals surface area contributed by atoms with E-state index in [0.29, 0.717) is 12.1 Å². The molecular weight excluding hydrogens is 273 g/mol. The Hall–Kier alpha value is 0.240. The maximum Gasteiger partial charge on any atom is 0.0991 e. The first-order valence-electron chi connectivity index (χ1n) is 6.27. The molecule has 0 aliphatic heterocycles. The first kappa shape index (κ1) is 13.7. The maximum absolute atomic E-state index is 6.18. The molecule has 96 valence electrons. The maximum atomic E-state index is 6.18. The minimum Gasteiger partial charge on any atom is -0.307 e. The number of nitrogens with one attached hydrogen (secondary N) is 1. The second kappa shape index (κ2) is 5.92. The fraction of sp³-hybridized carbons (Fsp3) is 0.692. The lowest BCUT2D eigenvalue weighted by Crippen LogP contribution is -2.35. The summed E-state index contributed by atoms with van der Waals surface area (Å²) in [5.41, 5.74) is 1.14. The van der Waals surface area contributed by atoms with E-state index in [4.69, 9.17) is 23.2 Å². The highest BCUT2D eigenvalue weighted by atomic mass is 35.5. The standard InChI is InChI=1S/C13H19Cl2NS/c1-8-4-3-5-10(6-8)16-9(2)11-7-12(14)17-13(11)15/h7-10,16H,3-6H2,1-2H3. The molecule has 1 aliphatic carbocycles. The van der Waals surface area contributed by atoms with Crippen LogP contribution in [0.3, 0.4) is 0 Å². The SMILES string of the molecule is CC1CCCC(NC(C)c2cc(Cl)sc2Cl)C1. The van der Waals surface area contributed by atoms with E-state index in [1.807, 2.05) is 6.07 Å². The van der Waals surface area contributed by atoms with Gasteiger partial charge in [-0.2, -0.15) is 0 Å². The number of thiophene rings is 1. The Kier molecular flexibility index (Phi) is 4.76. The first-order chi connectivity index (χ1) is 8.06. The van der Waals surface area contributed by atoms with Crippen molar-refractivity contribution in [2.24, 2.45) is 5.92 Å². The van der Waals surface area contributed by atoms with Gasteiger partial charge in [0.2, 0.25) is 0 Å². The molecule has 0 aromatic carbocycles. The van der Waals surface area contributed by atoms with Crippen LogP contribution in [-0.2, 0) is 0 Å². The molecular formula is C13H19Cl2NS. The van der Waals surface area contributed by atoms with Gasteiger partial charge >= 0.3 is 0 Å². The van der Waals surface area contributed by atoms with Gasteiger partial charge in [0.05, 0.1) is 8.67 Å². The van der Waals surface area contributed by atoms with Crippen molar-refractivity contribution < 1.29 is 0 Å². The molecule has 3 unspecified atom stereocenters. The van der Waals surface area contributed by atoms with Crippen LogP contribution < -0.4 is 5.32 Å². The van der Waals surface area contributed by atoms with Crippen LogP contribution in [0.15, 0.2) is 6.07 Å². The van der Waals surface area contributed by atoms with Crippen molar-refractivity contribution in [2.45, 2.75) is 51.6 Å². The van der Waals surface area contributed by atoms with E-state index in [0.717, 1.165) is 20.2 Å². The monoisotopic (exact) mass is 291 g/mol. The molecule has 0 bridgehead atoms. The smallest absolute Gasteiger partial charge is 0.0991 e. The third-order valence-electron chi connectivity index (χ3n) is 3.57. The molecule has 1 aromatic rings. The average Bonchev–Trinajstić information content (AvgIpc) is 2.58. The Morgan fingerprint density at radius 2 is 2.18 bits per heavy atom. The van der Waals surface area contributed by atoms with Gasteiger partial charge in [-0.3, -0.25) is 0 Å². The van der Waals surface area contributed by atoms with E-state index in [9.17, 15) is 0 Å². The predicted molar refractivity (Wildman–Crippen MR) is 77.3 cm³/mol. The lowest BCUT2D eigenvalue weighted by atomic mass is 9.86. The molecule has 17 heavy (non-hydrogen) atoms. The van der Waals surface area contributed by atoms with Crippen molar-refractivity contribution >= 4 is 34.5 Å². The summed E-state index contributed by atoms with van der Waals surface area (Å²) < 4.78 is 1.59. The highest BCUT2D eigenvalue weighted by Gasteiger charge is 2.22. The van der Waals surface area contributed by atoms with Gasteiger partial charge < -0.3 is 5.32 Å². The molecule has 3 atom stereocenters. The first-order valence-corrected chi connectivity index (χ1v) is 7.84. The van der Waals surface area contributed by atoms with Gasteiger partial charge in [-0.1, -0.05) is 43.0 Å². The highest BCUT2D eigenvalue weighted by molar-refractivity contribution is 7.20. The van der Waals surface area contributed by atoms with Crippen molar-refractivity contribution in [1.82, 2.24) is 5.32 Å². The van der Waals surface area contributed by atoms with E-state index in [-0.39, 0.29) is 0 Å². The zero-order chi connectivity index (χ0) is 12.4. The Morgan fingerprint density at radius 1 is 1.41 bits per heavy atom. The van der Waals surface area contributed by atoms with Gasteiger partial charge in [0.25, 0.3) is 0 Å². The van der Waals surface area contributed by atoms with Crippen LogP contribution in [0.5, 0.6) is 0 Å². The number of halogens is 2. The van der Waals surface area contributed by atoms with E-state index in [2.05, 4.69) is 19.2 Å². The Morgan fingerprint density at radius 3 is 2.76 bits per heavy atom. The zero-order valence-electron chi connectivity index (χ0n) is 10.3. The molecule has 0 radical (unpaired) electrons. The molecule has 1 heterocycles. The van der Waals surface area contributed by atoms with Gasteiger partial charge in [0, 0.05) is 12.1 Å². The summed E-state index contributed by atoms with van der Waals surface area (Å²) in [6.45, 7) is 4.51. The van der Waals surface area contributed by atoms with Gasteiger partial charge in [-0.15, -0.1) is 11.3 Å². The summed E-state index contributed by atoms with van der Waals surface area (Å²) >= 11 is 13.6. The fourth-order valence-corrected chi connectivity index (χ4v) is 4.32. The van der Waals surface area contributed by atoms with Crippen molar-refractivity contribution in [3.05, 3.63) is 20.3 Å². The van der Waals surface area contributed by atoms with Crippen LogP contribution in [0.4, 0.5) is 0 Å². The van der Waals surface area contributed by atoms with E-state index in [1.165, 1.54) is 37.0 Å². The number of rotatable bonds is 3. The quantitative estimate of drug-likeness (QED) is 0.798. The molecule has 1 N–H and O–H groups in total. The number of hydrogen-bond acceptors (Lipinski definition) is 2. The molecule has 1 aliphatic rings. The van der Waals surface area contributed by atoms with Crippen LogP contribution in [0.1, 0.15) is 51.1 Å². The van der Waals surface area contributed by atoms with Crippen LogP contribution in [0.2, 0.25) is 8.67 Å². The molecule has 0 amide bonds. The highest BCUT2D eigenvalue weighted by Crippen LogP contribution is 2.35. The normalized spacial score (nSPS) is 27.1. The Balaban J connectivity index is 1.96. The summed E-state index contributed by atoms with van der Waals surface area (Å²) in [6.07, 6.45) is 5.27. The van der Waals surface area contributed by atoms with Crippen LogP contribution in [0, 0.1) is 5.92 Å².